The second-order valence-electron chi connectivity index (χ2n) is 5.48. The lowest BCUT2D eigenvalue weighted by molar-refractivity contribution is 0.597. The van der Waals surface area contributed by atoms with Crippen LogP contribution in [0.5, 0.6) is 0 Å². The molecule has 3 rings (SSSR count). The maximum absolute atomic E-state index is 3.69. The minimum absolute atomic E-state index is 0.286. The van der Waals surface area contributed by atoms with Crippen molar-refractivity contribution in [2.24, 2.45) is 0 Å². The summed E-state index contributed by atoms with van der Waals surface area (Å²) in [6.45, 7) is 3.61. The molecule has 1 aliphatic rings. The van der Waals surface area contributed by atoms with E-state index in [-0.39, 0.29) is 7.92 Å². The van der Waals surface area contributed by atoms with Crippen LogP contribution in [0.2, 0.25) is 0 Å². The van der Waals surface area contributed by atoms with Gasteiger partial charge in [-0.2, -0.15) is 0 Å². The van der Waals surface area contributed by atoms with E-state index in [0.29, 0.717) is 11.7 Å². The topological polar surface area (TPSA) is 12.0 Å². The van der Waals surface area contributed by atoms with Gasteiger partial charge in [-0.25, -0.2) is 0 Å². The predicted octanol–water partition coefficient (Wildman–Crippen LogP) is 3.26. The summed E-state index contributed by atoms with van der Waals surface area (Å²) in [7, 11) is -0.286. The van der Waals surface area contributed by atoms with Gasteiger partial charge in [-0.15, -0.1) is 0 Å². The van der Waals surface area contributed by atoms with E-state index in [4.69, 9.17) is 0 Å². The highest BCUT2D eigenvalue weighted by Gasteiger charge is 2.29. The van der Waals surface area contributed by atoms with Crippen LogP contribution in [0, 0.1) is 0 Å². The molecule has 1 heterocycles. The van der Waals surface area contributed by atoms with Crippen molar-refractivity contribution in [1.82, 2.24) is 5.32 Å². The van der Waals surface area contributed by atoms with Crippen molar-refractivity contribution in [1.29, 1.82) is 0 Å². The fourth-order valence-electron chi connectivity index (χ4n) is 3.10. The van der Waals surface area contributed by atoms with Crippen LogP contribution >= 0.6 is 7.92 Å². The zero-order chi connectivity index (χ0) is 13.8. The molecule has 0 spiro atoms. The average molecular weight is 283 g/mol. The van der Waals surface area contributed by atoms with Crippen LogP contribution in [0.3, 0.4) is 0 Å². The van der Waals surface area contributed by atoms with E-state index in [2.05, 4.69) is 72.9 Å². The molecule has 2 aromatic carbocycles. The zero-order valence-electron chi connectivity index (χ0n) is 12.0. The van der Waals surface area contributed by atoms with E-state index in [0.717, 1.165) is 0 Å². The fraction of sp³-hybridized carbons (Fsp3) is 0.333. The second-order valence-corrected chi connectivity index (χ2v) is 8.07. The third-order valence-corrected chi connectivity index (χ3v) is 7.04. The number of hydrogen-bond acceptors (Lipinski definition) is 1. The predicted molar refractivity (Wildman–Crippen MR) is 89.6 cm³/mol. The molecular formula is C18H22NP. The van der Waals surface area contributed by atoms with Gasteiger partial charge in [-0.05, 0) is 43.6 Å². The Kier molecular flexibility index (Phi) is 4.50. The highest BCUT2D eigenvalue weighted by Crippen LogP contribution is 2.42. The van der Waals surface area contributed by atoms with Crippen molar-refractivity contribution in [3.63, 3.8) is 0 Å². The standard InChI is InChI=1S/C18H22NP/c1-15(18-13-8-14-19-18)20(16-9-4-2-5-10-16)17-11-6-3-7-12-17/h2-7,9-12,15,18-19H,8,13-14H2,1H3. The Hall–Kier alpha value is -1.17. The molecule has 20 heavy (non-hydrogen) atoms. The van der Waals surface area contributed by atoms with Gasteiger partial charge in [0.25, 0.3) is 0 Å². The molecule has 104 valence electrons. The third kappa shape index (κ3) is 2.95. The van der Waals surface area contributed by atoms with Crippen LogP contribution in [-0.4, -0.2) is 18.2 Å². The third-order valence-electron chi connectivity index (χ3n) is 4.16. The molecule has 0 radical (unpaired) electrons. The monoisotopic (exact) mass is 283 g/mol. The Labute approximate surface area is 123 Å². The normalized spacial score (nSPS) is 20.2. The number of nitrogens with one attached hydrogen (secondary N) is 1. The van der Waals surface area contributed by atoms with Gasteiger partial charge in [0, 0.05) is 6.04 Å². The van der Waals surface area contributed by atoms with Crippen molar-refractivity contribution in [2.45, 2.75) is 31.5 Å². The lowest BCUT2D eigenvalue weighted by Crippen LogP contribution is -2.35. The first-order chi connectivity index (χ1) is 9.86. The zero-order valence-corrected chi connectivity index (χ0v) is 12.9. The van der Waals surface area contributed by atoms with E-state index in [1.807, 2.05) is 0 Å². The van der Waals surface area contributed by atoms with E-state index >= 15 is 0 Å². The average Bonchev–Trinajstić information content (AvgIpc) is 3.04. The molecule has 2 aromatic rings. The molecule has 2 unspecified atom stereocenters. The van der Waals surface area contributed by atoms with Crippen molar-refractivity contribution >= 4 is 18.5 Å². The summed E-state index contributed by atoms with van der Waals surface area (Å²) in [4.78, 5) is 0. The minimum Gasteiger partial charge on any atom is -0.313 e. The van der Waals surface area contributed by atoms with Gasteiger partial charge < -0.3 is 5.32 Å². The van der Waals surface area contributed by atoms with Gasteiger partial charge in [0.1, 0.15) is 0 Å². The van der Waals surface area contributed by atoms with Crippen LogP contribution in [0.15, 0.2) is 60.7 Å². The first kappa shape index (κ1) is 13.8. The summed E-state index contributed by atoms with van der Waals surface area (Å²) in [6.07, 6.45) is 2.64. The quantitative estimate of drug-likeness (QED) is 0.849. The smallest absolute Gasteiger partial charge is 0.0138 e. The lowest BCUT2D eigenvalue weighted by atomic mass is 10.2. The van der Waals surface area contributed by atoms with E-state index < -0.39 is 0 Å². The highest BCUT2D eigenvalue weighted by atomic mass is 31.1. The van der Waals surface area contributed by atoms with E-state index in [1.54, 1.807) is 0 Å². The van der Waals surface area contributed by atoms with Gasteiger partial charge in [0.2, 0.25) is 0 Å². The van der Waals surface area contributed by atoms with Gasteiger partial charge >= 0.3 is 0 Å². The Morgan fingerprint density at radius 2 is 1.50 bits per heavy atom. The molecule has 1 aliphatic heterocycles. The summed E-state index contributed by atoms with van der Waals surface area (Å²) in [6, 6.07) is 22.8. The largest absolute Gasteiger partial charge is 0.313 e. The van der Waals surface area contributed by atoms with Crippen LogP contribution < -0.4 is 15.9 Å². The van der Waals surface area contributed by atoms with E-state index in [9.17, 15) is 0 Å². The van der Waals surface area contributed by atoms with Crippen LogP contribution in [0.1, 0.15) is 19.8 Å². The van der Waals surface area contributed by atoms with Crippen LogP contribution in [-0.2, 0) is 0 Å². The molecule has 1 fully saturated rings. The summed E-state index contributed by atoms with van der Waals surface area (Å²) >= 11 is 0. The van der Waals surface area contributed by atoms with E-state index in [1.165, 1.54) is 30.0 Å². The molecule has 0 amide bonds. The number of rotatable bonds is 4. The molecule has 0 bridgehead atoms. The van der Waals surface area contributed by atoms with Gasteiger partial charge in [-0.1, -0.05) is 67.6 Å². The molecule has 1 nitrogen and oxygen atoms in total. The van der Waals surface area contributed by atoms with Crippen LogP contribution in [0.25, 0.3) is 0 Å². The van der Waals surface area contributed by atoms with Crippen LogP contribution in [0.4, 0.5) is 0 Å². The van der Waals surface area contributed by atoms with Gasteiger partial charge in [-0.3, -0.25) is 0 Å². The Bertz CT molecular complexity index is 480. The maximum Gasteiger partial charge on any atom is 0.0138 e. The van der Waals surface area contributed by atoms with Gasteiger partial charge in [0.15, 0.2) is 0 Å². The molecule has 0 saturated carbocycles. The molecular weight excluding hydrogens is 261 g/mol. The summed E-state index contributed by atoms with van der Waals surface area (Å²) in [5.41, 5.74) is 0.678. The van der Waals surface area contributed by atoms with Crippen molar-refractivity contribution in [3.05, 3.63) is 60.7 Å². The molecule has 1 N–H and O–H groups in total. The molecule has 2 heteroatoms. The fourth-order valence-corrected chi connectivity index (χ4v) is 5.94. The highest BCUT2D eigenvalue weighted by molar-refractivity contribution is 7.73. The Morgan fingerprint density at radius 3 is 1.95 bits per heavy atom. The summed E-state index contributed by atoms with van der Waals surface area (Å²) in [5.74, 6) is 0. The Balaban J connectivity index is 1.95. The summed E-state index contributed by atoms with van der Waals surface area (Å²) < 4.78 is 0. The first-order valence-corrected chi connectivity index (χ1v) is 8.90. The number of hydrogen-bond donors (Lipinski definition) is 1. The molecule has 0 aromatic heterocycles. The first-order valence-electron chi connectivity index (χ1n) is 7.49. The summed E-state index contributed by atoms with van der Waals surface area (Å²) in [5, 5.41) is 6.68. The number of benzene rings is 2. The van der Waals surface area contributed by atoms with Crippen molar-refractivity contribution in [2.75, 3.05) is 6.54 Å². The molecule has 1 saturated heterocycles. The maximum atomic E-state index is 3.69. The molecule has 2 atom stereocenters. The second kappa shape index (κ2) is 6.52. The SMILES string of the molecule is CC(C1CCCN1)P(c1ccccc1)c1ccccc1. The lowest BCUT2D eigenvalue weighted by Gasteiger charge is -2.30. The van der Waals surface area contributed by atoms with Crippen molar-refractivity contribution < 1.29 is 0 Å². The van der Waals surface area contributed by atoms with Crippen molar-refractivity contribution in [3.8, 4) is 0 Å². The van der Waals surface area contributed by atoms with Gasteiger partial charge in [0.05, 0.1) is 0 Å². The minimum atomic E-state index is -0.286. The Morgan fingerprint density at radius 1 is 0.950 bits per heavy atom. The molecule has 0 aliphatic carbocycles.